The van der Waals surface area contributed by atoms with Crippen LogP contribution in [0.25, 0.3) is 0 Å². The summed E-state index contributed by atoms with van der Waals surface area (Å²) in [6.45, 7) is 8.48. The van der Waals surface area contributed by atoms with Crippen LogP contribution in [0, 0.1) is 19.8 Å². The molecule has 2 aromatic carbocycles. The number of hydrogen-bond donors (Lipinski definition) is 0. The van der Waals surface area contributed by atoms with Gasteiger partial charge < -0.3 is 9.64 Å². The van der Waals surface area contributed by atoms with Crippen molar-refractivity contribution in [2.24, 2.45) is 5.92 Å². The van der Waals surface area contributed by atoms with E-state index in [0.29, 0.717) is 48.4 Å². The van der Waals surface area contributed by atoms with E-state index in [1.807, 2.05) is 39.8 Å². The van der Waals surface area contributed by atoms with Crippen molar-refractivity contribution in [3.63, 3.8) is 0 Å². The SMILES string of the molecule is Cc1cc2c(cc1C)C(=O)CC1(CCN(C(=O)C(C(C)C)N3C(=O)c4ccccc4C3=O)CC1)O2. The van der Waals surface area contributed by atoms with E-state index in [1.165, 1.54) is 0 Å². The van der Waals surface area contributed by atoms with Gasteiger partial charge in [0.25, 0.3) is 11.8 Å². The van der Waals surface area contributed by atoms with Gasteiger partial charge in [0.05, 0.1) is 23.1 Å². The Hall–Kier alpha value is -3.48. The average molecular weight is 475 g/mol. The third-order valence-electron chi connectivity index (χ3n) is 7.68. The fraction of sp³-hybridized carbons (Fsp3) is 0.429. The van der Waals surface area contributed by atoms with Crippen molar-refractivity contribution in [3.05, 3.63) is 64.2 Å². The average Bonchev–Trinajstić information content (AvgIpc) is 3.06. The van der Waals surface area contributed by atoms with Gasteiger partial charge in [-0.15, -0.1) is 0 Å². The number of ether oxygens (including phenoxy) is 1. The standard InChI is InChI=1S/C28H30N2O5/c1-16(2)24(30-25(32)19-7-5-6-8-20(19)26(30)33)27(34)29-11-9-28(10-12-29)15-22(31)21-13-17(3)18(4)14-23(21)35-28/h5-8,13-14,16,24H,9-12,15H2,1-4H3. The molecule has 182 valence electrons. The predicted molar refractivity (Wildman–Crippen MR) is 130 cm³/mol. The van der Waals surface area contributed by atoms with Gasteiger partial charge in [-0.1, -0.05) is 26.0 Å². The highest BCUT2D eigenvalue weighted by molar-refractivity contribution is 6.22. The first-order valence-electron chi connectivity index (χ1n) is 12.2. The number of carbonyl (C=O) groups excluding carboxylic acids is 4. The number of hydrogen-bond acceptors (Lipinski definition) is 5. The second-order valence-corrected chi connectivity index (χ2v) is 10.4. The van der Waals surface area contributed by atoms with E-state index < -0.39 is 23.5 Å². The molecular formula is C28H30N2O5. The van der Waals surface area contributed by atoms with Crippen molar-refractivity contribution in [3.8, 4) is 5.75 Å². The number of carbonyl (C=O) groups is 4. The van der Waals surface area contributed by atoms with Crippen molar-refractivity contribution in [2.45, 2.75) is 58.6 Å². The summed E-state index contributed by atoms with van der Waals surface area (Å²) in [6.07, 6.45) is 1.32. The highest BCUT2D eigenvalue weighted by Crippen LogP contribution is 2.41. The number of rotatable bonds is 3. The van der Waals surface area contributed by atoms with Crippen LogP contribution < -0.4 is 4.74 Å². The minimum Gasteiger partial charge on any atom is -0.486 e. The lowest BCUT2D eigenvalue weighted by Crippen LogP contribution is -2.58. The van der Waals surface area contributed by atoms with Gasteiger partial charge in [0.2, 0.25) is 5.91 Å². The van der Waals surface area contributed by atoms with Crippen molar-refractivity contribution in [1.82, 2.24) is 9.80 Å². The number of amides is 3. The number of nitrogens with zero attached hydrogens (tertiary/aromatic N) is 2. The van der Waals surface area contributed by atoms with Crippen LogP contribution in [0.3, 0.4) is 0 Å². The van der Waals surface area contributed by atoms with E-state index in [0.717, 1.165) is 16.0 Å². The smallest absolute Gasteiger partial charge is 0.262 e. The van der Waals surface area contributed by atoms with Crippen molar-refractivity contribution >= 4 is 23.5 Å². The Balaban J connectivity index is 1.34. The zero-order valence-electron chi connectivity index (χ0n) is 20.6. The zero-order valence-corrected chi connectivity index (χ0v) is 20.6. The lowest BCUT2D eigenvalue weighted by atomic mass is 9.81. The maximum absolute atomic E-state index is 13.7. The molecule has 35 heavy (non-hydrogen) atoms. The van der Waals surface area contributed by atoms with Gasteiger partial charge >= 0.3 is 0 Å². The highest BCUT2D eigenvalue weighted by atomic mass is 16.5. The number of piperidine rings is 1. The number of fused-ring (bicyclic) bond motifs is 2. The van der Waals surface area contributed by atoms with Crippen LogP contribution >= 0.6 is 0 Å². The fourth-order valence-electron chi connectivity index (χ4n) is 5.50. The molecule has 1 spiro atoms. The number of aryl methyl sites for hydroxylation is 2. The molecule has 5 rings (SSSR count). The Morgan fingerprint density at radius 3 is 2.06 bits per heavy atom. The molecule has 7 nitrogen and oxygen atoms in total. The molecule has 1 unspecified atom stereocenters. The summed E-state index contributed by atoms with van der Waals surface area (Å²) < 4.78 is 6.40. The summed E-state index contributed by atoms with van der Waals surface area (Å²) in [5.41, 5.74) is 2.80. The van der Waals surface area contributed by atoms with Crippen LogP contribution in [0.2, 0.25) is 0 Å². The minimum atomic E-state index is -0.878. The number of Topliss-reactive ketones (excluding diaryl/α,β-unsaturated/α-hetero) is 1. The lowest BCUT2D eigenvalue weighted by molar-refractivity contribution is -0.140. The molecule has 2 aromatic rings. The Kier molecular flexibility index (Phi) is 5.54. The van der Waals surface area contributed by atoms with E-state index >= 15 is 0 Å². The first kappa shape index (κ1) is 23.3. The third-order valence-corrected chi connectivity index (χ3v) is 7.68. The molecule has 1 atom stereocenters. The van der Waals surface area contributed by atoms with Crippen LogP contribution in [0.15, 0.2) is 36.4 Å². The van der Waals surface area contributed by atoms with Crippen molar-refractivity contribution in [1.29, 1.82) is 0 Å². The third kappa shape index (κ3) is 3.74. The molecule has 3 amide bonds. The van der Waals surface area contributed by atoms with E-state index in [9.17, 15) is 19.2 Å². The van der Waals surface area contributed by atoms with Crippen LogP contribution in [0.4, 0.5) is 0 Å². The van der Waals surface area contributed by atoms with Gasteiger partial charge in [0.1, 0.15) is 17.4 Å². The van der Waals surface area contributed by atoms with Gasteiger partial charge in [0.15, 0.2) is 5.78 Å². The molecule has 3 aliphatic heterocycles. The number of benzene rings is 2. The summed E-state index contributed by atoms with van der Waals surface area (Å²) in [7, 11) is 0. The van der Waals surface area contributed by atoms with E-state index in [-0.39, 0.29) is 24.0 Å². The summed E-state index contributed by atoms with van der Waals surface area (Å²) in [5.74, 6) is -0.635. The Morgan fingerprint density at radius 1 is 0.914 bits per heavy atom. The predicted octanol–water partition coefficient (Wildman–Crippen LogP) is 3.95. The van der Waals surface area contributed by atoms with Crippen molar-refractivity contribution < 1.29 is 23.9 Å². The second kappa shape index (κ2) is 8.33. The van der Waals surface area contributed by atoms with Gasteiger partial charge in [-0.25, -0.2) is 0 Å². The van der Waals surface area contributed by atoms with Crippen LogP contribution in [-0.2, 0) is 4.79 Å². The van der Waals surface area contributed by atoms with Gasteiger partial charge in [-0.2, -0.15) is 0 Å². The number of ketones is 1. The van der Waals surface area contributed by atoms with E-state index in [4.69, 9.17) is 4.74 Å². The van der Waals surface area contributed by atoms with E-state index in [1.54, 1.807) is 29.2 Å². The zero-order chi connectivity index (χ0) is 25.1. The Morgan fingerprint density at radius 2 is 1.49 bits per heavy atom. The molecule has 0 radical (unpaired) electrons. The van der Waals surface area contributed by atoms with Crippen molar-refractivity contribution in [2.75, 3.05) is 13.1 Å². The summed E-state index contributed by atoms with van der Waals surface area (Å²) in [4.78, 5) is 55.6. The van der Waals surface area contributed by atoms with E-state index in [2.05, 4.69) is 0 Å². The largest absolute Gasteiger partial charge is 0.486 e. The Bertz CT molecular complexity index is 1220. The fourth-order valence-corrected chi connectivity index (χ4v) is 5.50. The maximum Gasteiger partial charge on any atom is 0.262 e. The molecular weight excluding hydrogens is 444 g/mol. The normalized spacial score (nSPS) is 19.6. The summed E-state index contributed by atoms with van der Waals surface area (Å²) in [5, 5.41) is 0. The second-order valence-electron chi connectivity index (χ2n) is 10.4. The van der Waals surface area contributed by atoms with Crippen LogP contribution in [-0.4, -0.2) is 58.0 Å². The molecule has 0 aromatic heterocycles. The maximum atomic E-state index is 13.7. The quantitative estimate of drug-likeness (QED) is 0.629. The van der Waals surface area contributed by atoms with Crippen LogP contribution in [0.5, 0.6) is 5.75 Å². The highest BCUT2D eigenvalue weighted by Gasteiger charge is 2.48. The first-order chi connectivity index (χ1) is 16.6. The minimum absolute atomic E-state index is 0.0696. The van der Waals surface area contributed by atoms with Gasteiger partial charge in [-0.3, -0.25) is 24.1 Å². The molecule has 3 aliphatic rings. The van der Waals surface area contributed by atoms with Gasteiger partial charge in [0, 0.05) is 25.9 Å². The molecule has 1 fully saturated rings. The molecule has 1 saturated heterocycles. The Labute approximate surface area is 205 Å². The summed E-state index contributed by atoms with van der Waals surface area (Å²) >= 11 is 0. The summed E-state index contributed by atoms with van der Waals surface area (Å²) in [6, 6.07) is 9.64. The number of likely N-dealkylation sites (tertiary alicyclic amines) is 1. The molecule has 0 bridgehead atoms. The van der Waals surface area contributed by atoms with Gasteiger partial charge in [-0.05, 0) is 55.2 Å². The molecule has 7 heteroatoms. The topological polar surface area (TPSA) is 84.0 Å². The molecule has 0 aliphatic carbocycles. The molecule has 3 heterocycles. The number of imide groups is 1. The van der Waals surface area contributed by atoms with Crippen LogP contribution in [0.1, 0.15) is 75.3 Å². The molecule has 0 N–H and O–H groups in total. The molecule has 0 saturated carbocycles. The lowest BCUT2D eigenvalue weighted by Gasteiger charge is -2.45. The first-order valence-corrected chi connectivity index (χ1v) is 12.2. The monoisotopic (exact) mass is 474 g/mol.